The van der Waals surface area contributed by atoms with Crippen LogP contribution < -0.4 is 4.74 Å². The van der Waals surface area contributed by atoms with Gasteiger partial charge in [0, 0.05) is 27.1 Å². The number of ether oxygens (including phenoxy) is 1. The number of alkyl halides is 3. The summed E-state index contributed by atoms with van der Waals surface area (Å²) in [4.78, 5) is 0. The topological polar surface area (TPSA) is 27.1 Å². The molecule has 0 aliphatic carbocycles. The third-order valence-corrected chi connectivity index (χ3v) is 3.56. The standard InChI is InChI=1S/C15H10BrF3N2O/c1-21-8-9-6-12(7-13(16)14(9)20-21)22-11-4-2-10(3-5-11)15(17,18)19/h2-8H,1H3/i1D3. The van der Waals surface area contributed by atoms with Gasteiger partial charge in [-0.2, -0.15) is 18.3 Å². The molecule has 3 rings (SSSR count). The SMILES string of the molecule is [2H]C([2H])([2H])n1cc2cc(Oc3ccc(C(F)(F)F)cc3)cc(Br)c2n1. The van der Waals surface area contributed by atoms with Crippen LogP contribution in [0.4, 0.5) is 13.2 Å². The van der Waals surface area contributed by atoms with Crippen LogP contribution in [0.3, 0.4) is 0 Å². The monoisotopic (exact) mass is 373 g/mol. The van der Waals surface area contributed by atoms with E-state index < -0.39 is 18.7 Å². The fourth-order valence-corrected chi connectivity index (χ4v) is 2.51. The average molecular weight is 374 g/mol. The number of hydrogen-bond acceptors (Lipinski definition) is 2. The average Bonchev–Trinajstić information content (AvgIpc) is 2.91. The lowest BCUT2D eigenvalue weighted by atomic mass is 10.2. The Bertz CT molecular complexity index is 921. The third-order valence-electron chi connectivity index (χ3n) is 2.95. The minimum absolute atomic E-state index is 0.225. The molecule has 0 atom stereocenters. The summed E-state index contributed by atoms with van der Waals surface area (Å²) in [5.41, 5.74) is -0.327. The minimum atomic E-state index is -4.41. The molecule has 1 heterocycles. The summed E-state index contributed by atoms with van der Waals surface area (Å²) in [7, 11) is 0. The van der Waals surface area contributed by atoms with Crippen LogP contribution in [0.2, 0.25) is 0 Å². The molecule has 1 aromatic heterocycles. The van der Waals surface area contributed by atoms with Crippen molar-refractivity contribution in [2.45, 2.75) is 6.18 Å². The van der Waals surface area contributed by atoms with Gasteiger partial charge in [-0.3, -0.25) is 4.68 Å². The van der Waals surface area contributed by atoms with Gasteiger partial charge in [0.15, 0.2) is 0 Å². The zero-order chi connectivity index (χ0) is 18.4. The predicted octanol–water partition coefficient (Wildman–Crippen LogP) is 5.15. The van der Waals surface area contributed by atoms with E-state index in [0.29, 0.717) is 21.1 Å². The van der Waals surface area contributed by atoms with Crippen LogP contribution in [-0.4, -0.2) is 9.78 Å². The summed E-state index contributed by atoms with van der Waals surface area (Å²) in [6.45, 7) is -2.41. The maximum atomic E-state index is 12.6. The number of fused-ring (bicyclic) bond motifs is 1. The maximum Gasteiger partial charge on any atom is 0.416 e. The Balaban J connectivity index is 1.91. The number of halogens is 4. The molecule has 0 amide bonds. The van der Waals surface area contributed by atoms with E-state index in [9.17, 15) is 13.2 Å². The van der Waals surface area contributed by atoms with E-state index in [0.717, 1.165) is 16.8 Å². The second-order valence-corrected chi connectivity index (χ2v) is 5.40. The van der Waals surface area contributed by atoms with Gasteiger partial charge in [0.2, 0.25) is 0 Å². The van der Waals surface area contributed by atoms with E-state index >= 15 is 0 Å². The summed E-state index contributed by atoms with van der Waals surface area (Å²) >= 11 is 3.29. The van der Waals surface area contributed by atoms with Gasteiger partial charge < -0.3 is 4.74 Å². The molecule has 0 fully saturated rings. The van der Waals surface area contributed by atoms with Crippen molar-refractivity contribution in [3.63, 3.8) is 0 Å². The van der Waals surface area contributed by atoms with Crippen LogP contribution in [0, 0.1) is 0 Å². The highest BCUT2D eigenvalue weighted by Crippen LogP contribution is 2.33. The van der Waals surface area contributed by atoms with Crippen molar-refractivity contribution in [1.82, 2.24) is 9.78 Å². The number of aromatic nitrogens is 2. The van der Waals surface area contributed by atoms with Crippen molar-refractivity contribution < 1.29 is 22.0 Å². The summed E-state index contributed by atoms with van der Waals surface area (Å²) in [5, 5.41) is 4.52. The van der Waals surface area contributed by atoms with Crippen molar-refractivity contribution in [1.29, 1.82) is 0 Å². The Morgan fingerprint density at radius 3 is 2.55 bits per heavy atom. The minimum Gasteiger partial charge on any atom is -0.457 e. The van der Waals surface area contributed by atoms with Crippen molar-refractivity contribution in [3.05, 3.63) is 52.6 Å². The highest BCUT2D eigenvalue weighted by molar-refractivity contribution is 9.10. The van der Waals surface area contributed by atoms with E-state index in [1.807, 2.05) is 0 Å². The second kappa shape index (κ2) is 5.31. The molecular formula is C15H10BrF3N2O. The lowest BCUT2D eigenvalue weighted by molar-refractivity contribution is -0.137. The van der Waals surface area contributed by atoms with Crippen LogP contribution in [0.15, 0.2) is 47.1 Å². The lowest BCUT2D eigenvalue weighted by Gasteiger charge is -2.09. The Morgan fingerprint density at radius 1 is 1.18 bits per heavy atom. The van der Waals surface area contributed by atoms with Gasteiger partial charge in [0.05, 0.1) is 5.56 Å². The van der Waals surface area contributed by atoms with Crippen LogP contribution in [0.5, 0.6) is 11.5 Å². The number of hydrogen-bond donors (Lipinski definition) is 0. The summed E-state index contributed by atoms with van der Waals surface area (Å²) in [6, 6.07) is 7.41. The van der Waals surface area contributed by atoms with Gasteiger partial charge in [-0.15, -0.1) is 0 Å². The first kappa shape index (κ1) is 11.5. The fraction of sp³-hybridized carbons (Fsp3) is 0.133. The van der Waals surface area contributed by atoms with Crippen LogP contribution in [0.1, 0.15) is 9.68 Å². The van der Waals surface area contributed by atoms with Crippen molar-refractivity contribution >= 4 is 26.8 Å². The summed E-state index contributed by atoms with van der Waals surface area (Å²) < 4.78 is 66.8. The van der Waals surface area contributed by atoms with E-state index in [4.69, 9.17) is 8.85 Å². The smallest absolute Gasteiger partial charge is 0.416 e. The Kier molecular flexibility index (Phi) is 2.79. The third kappa shape index (κ3) is 2.94. The number of benzene rings is 2. The van der Waals surface area contributed by atoms with Gasteiger partial charge in [-0.1, -0.05) is 0 Å². The summed E-state index contributed by atoms with van der Waals surface area (Å²) in [5.74, 6) is 0.562. The molecule has 0 aliphatic rings. The van der Waals surface area contributed by atoms with E-state index in [-0.39, 0.29) is 5.75 Å². The molecule has 3 aromatic rings. The van der Waals surface area contributed by atoms with Gasteiger partial charge in [-0.25, -0.2) is 0 Å². The highest BCUT2D eigenvalue weighted by Gasteiger charge is 2.30. The molecule has 7 heteroatoms. The molecule has 0 radical (unpaired) electrons. The second-order valence-electron chi connectivity index (χ2n) is 4.54. The molecule has 0 spiro atoms. The molecule has 3 nitrogen and oxygen atoms in total. The van der Waals surface area contributed by atoms with Gasteiger partial charge in [-0.05, 0) is 52.3 Å². The zero-order valence-electron chi connectivity index (χ0n) is 13.9. The highest BCUT2D eigenvalue weighted by atomic mass is 79.9. The number of nitrogens with zero attached hydrogens (tertiary/aromatic N) is 2. The predicted molar refractivity (Wildman–Crippen MR) is 79.9 cm³/mol. The largest absolute Gasteiger partial charge is 0.457 e. The van der Waals surface area contributed by atoms with Crippen LogP contribution in [0.25, 0.3) is 10.9 Å². The zero-order valence-corrected chi connectivity index (χ0v) is 12.4. The Hall–Kier alpha value is -2.02. The van der Waals surface area contributed by atoms with Gasteiger partial charge in [0.25, 0.3) is 0 Å². The van der Waals surface area contributed by atoms with Crippen molar-refractivity contribution in [2.24, 2.45) is 6.98 Å². The quantitative estimate of drug-likeness (QED) is 0.621. The summed E-state index contributed by atoms with van der Waals surface area (Å²) in [6.07, 6.45) is -3.06. The molecule has 0 unspecified atom stereocenters. The molecule has 114 valence electrons. The first-order valence-electron chi connectivity index (χ1n) is 7.58. The fourth-order valence-electron chi connectivity index (χ4n) is 1.97. The van der Waals surface area contributed by atoms with Gasteiger partial charge >= 0.3 is 6.18 Å². The Labute approximate surface area is 136 Å². The maximum absolute atomic E-state index is 12.6. The van der Waals surface area contributed by atoms with Crippen LogP contribution in [-0.2, 0) is 13.2 Å². The van der Waals surface area contributed by atoms with Gasteiger partial charge in [0.1, 0.15) is 17.0 Å². The molecule has 0 aliphatic heterocycles. The molecule has 22 heavy (non-hydrogen) atoms. The molecule has 2 aromatic carbocycles. The molecule has 0 N–H and O–H groups in total. The normalized spacial score (nSPS) is 14.5. The van der Waals surface area contributed by atoms with E-state index in [2.05, 4.69) is 21.0 Å². The number of rotatable bonds is 2. The van der Waals surface area contributed by atoms with Crippen LogP contribution >= 0.6 is 15.9 Å². The first-order chi connectivity index (χ1) is 11.5. The van der Waals surface area contributed by atoms with Crippen molar-refractivity contribution in [2.75, 3.05) is 0 Å². The molecule has 0 saturated heterocycles. The van der Waals surface area contributed by atoms with E-state index in [1.165, 1.54) is 18.3 Å². The lowest BCUT2D eigenvalue weighted by Crippen LogP contribution is -2.03. The molecule has 0 bridgehead atoms. The number of aryl methyl sites for hydroxylation is 1. The van der Waals surface area contributed by atoms with Crippen molar-refractivity contribution in [3.8, 4) is 11.5 Å². The van der Waals surface area contributed by atoms with E-state index in [1.54, 1.807) is 12.1 Å². The molecular weight excluding hydrogens is 361 g/mol. The first-order valence-corrected chi connectivity index (χ1v) is 6.88. The molecule has 0 saturated carbocycles. The Morgan fingerprint density at radius 2 is 1.91 bits per heavy atom.